The summed E-state index contributed by atoms with van der Waals surface area (Å²) in [6, 6.07) is 10.0. The predicted molar refractivity (Wildman–Crippen MR) is 91.8 cm³/mol. The van der Waals surface area contributed by atoms with Crippen LogP contribution in [0.15, 0.2) is 35.3 Å². The van der Waals surface area contributed by atoms with Crippen molar-refractivity contribution in [1.29, 1.82) is 0 Å². The van der Waals surface area contributed by atoms with E-state index in [1.807, 2.05) is 41.8 Å². The van der Waals surface area contributed by atoms with Gasteiger partial charge in [0.25, 0.3) is 0 Å². The molecule has 0 atom stereocenters. The van der Waals surface area contributed by atoms with E-state index in [1.165, 1.54) is 0 Å². The molecule has 0 aliphatic carbocycles. The van der Waals surface area contributed by atoms with Crippen LogP contribution in [0.3, 0.4) is 0 Å². The number of fused-ring (bicyclic) bond motifs is 1. The van der Waals surface area contributed by atoms with Gasteiger partial charge >= 0.3 is 0 Å². The van der Waals surface area contributed by atoms with Gasteiger partial charge < -0.3 is 5.32 Å². The van der Waals surface area contributed by atoms with Crippen molar-refractivity contribution in [3.63, 3.8) is 0 Å². The van der Waals surface area contributed by atoms with Crippen LogP contribution in [0.25, 0.3) is 11.2 Å². The van der Waals surface area contributed by atoms with Crippen LogP contribution in [-0.4, -0.2) is 26.2 Å². The van der Waals surface area contributed by atoms with Crippen molar-refractivity contribution in [3.8, 4) is 0 Å². The van der Waals surface area contributed by atoms with E-state index in [9.17, 15) is 0 Å². The summed E-state index contributed by atoms with van der Waals surface area (Å²) in [5.74, 6) is 6.93. The maximum absolute atomic E-state index is 5.51. The average Bonchev–Trinajstić information content (AvgIpc) is 2.97. The molecule has 0 saturated carbocycles. The number of nitrogen functional groups attached to an aromatic ring is 1. The fraction of sp³-hybridized carbons (Fsp3) is 0.200. The number of aromatic nitrogens is 4. The van der Waals surface area contributed by atoms with Crippen LogP contribution in [0.5, 0.6) is 0 Å². The van der Waals surface area contributed by atoms with Crippen molar-refractivity contribution >= 4 is 35.6 Å². The Hall–Kier alpha value is -3.00. The predicted octanol–water partition coefficient (Wildman–Crippen LogP) is 2.08. The summed E-state index contributed by atoms with van der Waals surface area (Å²) >= 11 is 0. The quantitative estimate of drug-likeness (QED) is 0.365. The monoisotopic (exact) mass is 310 g/mol. The number of benzene rings is 1. The van der Waals surface area contributed by atoms with E-state index < -0.39 is 0 Å². The molecule has 0 bridgehead atoms. The number of aliphatic imine (C=N–C) groups is 1. The Morgan fingerprint density at radius 1 is 1.22 bits per heavy atom. The van der Waals surface area contributed by atoms with Crippen LogP contribution in [0.4, 0.5) is 17.7 Å². The third-order valence-electron chi connectivity index (χ3n) is 3.46. The van der Waals surface area contributed by atoms with Gasteiger partial charge in [-0.2, -0.15) is 9.97 Å². The first-order valence-electron chi connectivity index (χ1n) is 7.26. The van der Waals surface area contributed by atoms with Gasteiger partial charge in [0.2, 0.25) is 11.9 Å². The van der Waals surface area contributed by atoms with Crippen LogP contribution in [-0.2, 0) is 13.1 Å². The lowest BCUT2D eigenvalue weighted by Crippen LogP contribution is -2.13. The minimum atomic E-state index is 0.425. The number of nitrogens with two attached hydrogens (primary N) is 1. The Kier molecular flexibility index (Phi) is 4.15. The number of hydrogen-bond acceptors (Lipinski definition) is 7. The van der Waals surface area contributed by atoms with Crippen molar-refractivity contribution in [2.75, 3.05) is 10.7 Å². The summed E-state index contributed by atoms with van der Waals surface area (Å²) in [5.41, 5.74) is 4.93. The molecule has 23 heavy (non-hydrogen) atoms. The molecular weight excluding hydrogens is 292 g/mol. The van der Waals surface area contributed by atoms with Gasteiger partial charge in [-0.3, -0.25) is 9.99 Å². The molecule has 2 heterocycles. The highest BCUT2D eigenvalue weighted by molar-refractivity contribution is 5.85. The molecule has 1 aromatic carbocycles. The summed E-state index contributed by atoms with van der Waals surface area (Å²) in [4.78, 5) is 17.2. The Morgan fingerprint density at radius 2 is 2.00 bits per heavy atom. The van der Waals surface area contributed by atoms with Crippen molar-refractivity contribution in [3.05, 3.63) is 35.9 Å². The second-order valence-corrected chi connectivity index (χ2v) is 4.86. The Balaban J connectivity index is 1.99. The highest BCUT2D eigenvalue weighted by Gasteiger charge is 2.16. The van der Waals surface area contributed by atoms with Crippen molar-refractivity contribution < 1.29 is 0 Å². The zero-order valence-corrected chi connectivity index (χ0v) is 12.8. The second-order valence-electron chi connectivity index (χ2n) is 4.86. The number of aryl methyl sites for hydroxylation is 1. The first-order chi connectivity index (χ1) is 11.3. The topological polar surface area (TPSA) is 106 Å². The molecule has 118 valence electrons. The molecule has 3 aromatic rings. The molecule has 0 aliphatic heterocycles. The average molecular weight is 310 g/mol. The fourth-order valence-corrected chi connectivity index (χ4v) is 2.36. The Morgan fingerprint density at radius 3 is 2.65 bits per heavy atom. The first kappa shape index (κ1) is 14.9. The van der Waals surface area contributed by atoms with Gasteiger partial charge in [-0.25, -0.2) is 15.8 Å². The maximum atomic E-state index is 5.51. The number of anilines is 2. The van der Waals surface area contributed by atoms with E-state index >= 15 is 0 Å². The molecular formula is C15H18N8. The molecule has 3 rings (SSSR count). The van der Waals surface area contributed by atoms with Crippen LogP contribution in [0.2, 0.25) is 0 Å². The third kappa shape index (κ3) is 2.84. The van der Waals surface area contributed by atoms with Gasteiger partial charge in [0.15, 0.2) is 17.0 Å². The number of nitrogens with zero attached hydrogens (tertiary/aromatic N) is 5. The van der Waals surface area contributed by atoms with E-state index in [0.29, 0.717) is 42.0 Å². The van der Waals surface area contributed by atoms with Gasteiger partial charge in [-0.05, 0) is 19.2 Å². The lowest BCUT2D eigenvalue weighted by Gasteiger charge is -2.07. The third-order valence-corrected chi connectivity index (χ3v) is 3.46. The number of hydrazine groups is 1. The van der Waals surface area contributed by atoms with E-state index in [-0.39, 0.29) is 0 Å². The van der Waals surface area contributed by atoms with Crippen molar-refractivity contribution in [2.24, 2.45) is 10.8 Å². The second kappa shape index (κ2) is 6.41. The normalized spacial score (nSPS) is 10.7. The van der Waals surface area contributed by atoms with E-state index in [1.54, 1.807) is 0 Å². The number of imidazole rings is 1. The lowest BCUT2D eigenvalue weighted by atomic mass is 10.2. The molecule has 0 aliphatic rings. The smallest absolute Gasteiger partial charge is 0.227 e. The van der Waals surface area contributed by atoms with E-state index in [2.05, 4.69) is 37.4 Å². The minimum Gasteiger partial charge on any atom is -0.350 e. The summed E-state index contributed by atoms with van der Waals surface area (Å²) in [6.45, 7) is 6.83. The van der Waals surface area contributed by atoms with E-state index in [0.717, 1.165) is 5.56 Å². The van der Waals surface area contributed by atoms with Gasteiger partial charge in [-0.15, -0.1) is 0 Å². The van der Waals surface area contributed by atoms with Gasteiger partial charge in [0, 0.05) is 13.1 Å². The molecule has 4 N–H and O–H groups in total. The minimum absolute atomic E-state index is 0.425. The zero-order chi connectivity index (χ0) is 16.2. The number of rotatable bonds is 6. The maximum Gasteiger partial charge on any atom is 0.227 e. The molecule has 0 unspecified atom stereocenters. The molecule has 8 heteroatoms. The summed E-state index contributed by atoms with van der Waals surface area (Å²) in [5, 5.41) is 3.20. The van der Waals surface area contributed by atoms with E-state index in [4.69, 9.17) is 5.84 Å². The highest BCUT2D eigenvalue weighted by atomic mass is 15.4. The standard InChI is InChI=1S/C15H18N8/c1-3-23-13-11(19-15(23)22-16)12(17-2)20-14(21-13)18-9-10-7-5-4-6-8-10/h4-8H,2-3,9,16H2,1H3,(H,19,22)(H,18,20,21). The number of nitrogens with one attached hydrogen (secondary N) is 2. The van der Waals surface area contributed by atoms with Gasteiger partial charge in [0.1, 0.15) is 0 Å². The molecule has 0 amide bonds. The Labute approximate surface area is 133 Å². The zero-order valence-electron chi connectivity index (χ0n) is 12.8. The fourth-order valence-electron chi connectivity index (χ4n) is 2.36. The van der Waals surface area contributed by atoms with Crippen LogP contribution in [0, 0.1) is 0 Å². The van der Waals surface area contributed by atoms with Gasteiger partial charge in [-0.1, -0.05) is 30.3 Å². The van der Waals surface area contributed by atoms with Crippen LogP contribution in [0.1, 0.15) is 12.5 Å². The Bertz CT molecular complexity index is 824. The molecule has 0 fully saturated rings. The molecule has 0 saturated heterocycles. The van der Waals surface area contributed by atoms with Crippen molar-refractivity contribution in [2.45, 2.75) is 20.0 Å². The SMILES string of the molecule is C=Nc1nc(NCc2ccccc2)nc2c1nc(NN)n2CC. The number of hydrogen-bond donors (Lipinski definition) is 3. The lowest BCUT2D eigenvalue weighted by molar-refractivity contribution is 0.781. The highest BCUT2D eigenvalue weighted by Crippen LogP contribution is 2.26. The van der Waals surface area contributed by atoms with Crippen molar-refractivity contribution in [1.82, 2.24) is 19.5 Å². The molecule has 8 nitrogen and oxygen atoms in total. The van der Waals surface area contributed by atoms with Gasteiger partial charge in [0.05, 0.1) is 0 Å². The van der Waals surface area contributed by atoms with Crippen LogP contribution < -0.4 is 16.6 Å². The largest absolute Gasteiger partial charge is 0.350 e. The van der Waals surface area contributed by atoms with Crippen LogP contribution >= 0.6 is 0 Å². The molecule has 0 radical (unpaired) electrons. The summed E-state index contributed by atoms with van der Waals surface area (Å²) in [7, 11) is 0. The first-order valence-corrected chi connectivity index (χ1v) is 7.26. The summed E-state index contributed by atoms with van der Waals surface area (Å²) in [6.07, 6.45) is 0. The molecule has 2 aromatic heterocycles. The summed E-state index contributed by atoms with van der Waals surface area (Å²) < 4.78 is 1.86. The molecule has 0 spiro atoms.